The summed E-state index contributed by atoms with van der Waals surface area (Å²) in [6, 6.07) is 0. The predicted octanol–water partition coefficient (Wildman–Crippen LogP) is 2.76. The number of nitrogens with zero attached hydrogens (tertiary/aromatic N) is 2. The number of esters is 1. The summed E-state index contributed by atoms with van der Waals surface area (Å²) in [6.45, 7) is 14.5. The first kappa shape index (κ1) is 37.4. The lowest BCUT2D eigenvalue weighted by molar-refractivity contribution is -0.239. The number of aliphatic hydroxyl groups is 4. The highest BCUT2D eigenvalue weighted by molar-refractivity contribution is 5.70. The van der Waals surface area contributed by atoms with Gasteiger partial charge in [-0.25, -0.2) is 0 Å². The quantitative estimate of drug-likeness (QED) is 0.0886. The number of aliphatic hydroxyl groups excluding tert-OH is 2. The zero-order chi connectivity index (χ0) is 33.4. The normalized spacial score (nSPS) is 36.2. The summed E-state index contributed by atoms with van der Waals surface area (Å²) in [5.74, 6) is 1.88. The van der Waals surface area contributed by atoms with Crippen molar-refractivity contribution < 1.29 is 39.5 Å². The second-order valence-electron chi connectivity index (χ2n) is 13.6. The smallest absolute Gasteiger partial charge is 0.309 e. The topological polar surface area (TPSA) is 135 Å². The van der Waals surface area contributed by atoms with Crippen LogP contribution < -0.4 is 0 Å². The molecule has 2 fully saturated rings. The van der Waals surface area contributed by atoms with E-state index in [0.29, 0.717) is 32.5 Å². The second kappa shape index (κ2) is 16.7. The van der Waals surface area contributed by atoms with Crippen LogP contribution in [0.4, 0.5) is 0 Å². The number of epoxide rings is 1. The second-order valence-corrected chi connectivity index (χ2v) is 13.6. The van der Waals surface area contributed by atoms with Crippen molar-refractivity contribution in [1.29, 1.82) is 0 Å². The van der Waals surface area contributed by atoms with Gasteiger partial charge in [-0.15, -0.1) is 6.42 Å². The third-order valence-corrected chi connectivity index (χ3v) is 9.28. The summed E-state index contributed by atoms with van der Waals surface area (Å²) in [4.78, 5) is 21.3. The first-order valence-electron chi connectivity index (χ1n) is 16.4. The van der Waals surface area contributed by atoms with Crippen LogP contribution in [0.3, 0.4) is 0 Å². The Kier molecular flexibility index (Phi) is 13.8. The van der Waals surface area contributed by atoms with E-state index in [9.17, 15) is 25.2 Å². The summed E-state index contributed by atoms with van der Waals surface area (Å²) >= 11 is 0. The number of rotatable bonds is 11. The third-order valence-electron chi connectivity index (χ3n) is 9.28. The highest BCUT2D eigenvalue weighted by Crippen LogP contribution is 2.37. The summed E-state index contributed by atoms with van der Waals surface area (Å²) in [7, 11) is 0. The Morgan fingerprint density at radius 2 is 2.00 bits per heavy atom. The molecule has 254 valence electrons. The molecule has 10 atom stereocenters. The SMILES string of the molecule is C#CCN1CCN(OC2/C=C/C(C)C(/C(C)=C/C=C/C(C)(O)CC3OC3C(C)C(O)CC)OC(=O)CC(O)CCC2(C)O)CC1. The van der Waals surface area contributed by atoms with Crippen molar-refractivity contribution in [2.45, 2.75) is 121 Å². The fraction of sp³-hybridized carbons (Fsp3) is 0.743. The molecule has 10 heteroatoms. The van der Waals surface area contributed by atoms with E-state index in [-0.39, 0.29) is 43.3 Å². The number of piperazine rings is 1. The molecule has 45 heavy (non-hydrogen) atoms. The Hall–Kier alpha value is -2.07. The van der Waals surface area contributed by atoms with Crippen LogP contribution in [0, 0.1) is 24.2 Å². The summed E-state index contributed by atoms with van der Waals surface area (Å²) in [5.41, 5.74) is -1.66. The van der Waals surface area contributed by atoms with Crippen molar-refractivity contribution in [2.75, 3.05) is 32.7 Å². The molecule has 0 spiro atoms. The number of carbonyl (C=O) groups excluding carboxylic acids is 1. The molecule has 3 aliphatic heterocycles. The summed E-state index contributed by atoms with van der Waals surface area (Å²) in [6.07, 6.45) is 12.9. The lowest BCUT2D eigenvalue weighted by Gasteiger charge is -2.39. The molecule has 0 saturated carbocycles. The summed E-state index contributed by atoms with van der Waals surface area (Å²) in [5, 5.41) is 45.0. The zero-order valence-corrected chi connectivity index (χ0v) is 28.0. The standard InChI is InChI=1S/C35H56N2O8/c1-8-17-36-18-20-37(21-19-36)45-30-13-12-25(4)32(44-31(40)22-27(38)14-16-35(30,7)42)24(3)11-10-15-34(6,41)23-29-33(43-29)26(5)28(39)9-2/h1,10-13,15,25-30,32-33,38-39,41-42H,9,14,16-23H2,2-7H3/b13-12+,15-10+,24-11+. The molecule has 0 aromatic heterocycles. The van der Waals surface area contributed by atoms with Crippen LogP contribution in [0.5, 0.6) is 0 Å². The van der Waals surface area contributed by atoms with Crippen LogP contribution in [0.2, 0.25) is 0 Å². The van der Waals surface area contributed by atoms with Crippen LogP contribution in [-0.4, -0.2) is 117 Å². The minimum Gasteiger partial charge on any atom is -0.457 e. The number of hydrogen-bond acceptors (Lipinski definition) is 10. The number of cyclic esters (lactones) is 1. The van der Waals surface area contributed by atoms with E-state index < -0.39 is 41.6 Å². The fourth-order valence-corrected chi connectivity index (χ4v) is 6.07. The van der Waals surface area contributed by atoms with Crippen molar-refractivity contribution in [2.24, 2.45) is 11.8 Å². The molecular weight excluding hydrogens is 576 g/mol. The third kappa shape index (κ3) is 11.6. The van der Waals surface area contributed by atoms with Crippen LogP contribution in [0.1, 0.15) is 73.6 Å². The van der Waals surface area contributed by atoms with E-state index >= 15 is 0 Å². The van der Waals surface area contributed by atoms with Crippen LogP contribution in [0.15, 0.2) is 36.0 Å². The van der Waals surface area contributed by atoms with Crippen molar-refractivity contribution >= 4 is 5.97 Å². The lowest BCUT2D eigenvalue weighted by atomic mass is 9.89. The van der Waals surface area contributed by atoms with Gasteiger partial charge in [-0.3, -0.25) is 14.5 Å². The van der Waals surface area contributed by atoms with Crippen LogP contribution >= 0.6 is 0 Å². The largest absolute Gasteiger partial charge is 0.457 e. The fourth-order valence-electron chi connectivity index (χ4n) is 6.07. The van der Waals surface area contributed by atoms with E-state index in [1.54, 1.807) is 26.0 Å². The van der Waals surface area contributed by atoms with Crippen LogP contribution in [0.25, 0.3) is 0 Å². The van der Waals surface area contributed by atoms with Crippen molar-refractivity contribution in [3.8, 4) is 12.3 Å². The molecule has 4 N–H and O–H groups in total. The molecule has 0 aromatic rings. The maximum Gasteiger partial charge on any atom is 0.309 e. The Morgan fingerprint density at radius 3 is 2.64 bits per heavy atom. The number of ether oxygens (including phenoxy) is 2. The molecule has 3 rings (SSSR count). The van der Waals surface area contributed by atoms with Gasteiger partial charge in [-0.05, 0) is 45.6 Å². The first-order chi connectivity index (χ1) is 21.2. The molecule has 10 nitrogen and oxygen atoms in total. The predicted molar refractivity (Wildman–Crippen MR) is 173 cm³/mol. The Labute approximate surface area is 269 Å². The van der Waals surface area contributed by atoms with Gasteiger partial charge in [0.2, 0.25) is 0 Å². The molecule has 0 amide bonds. The van der Waals surface area contributed by atoms with Gasteiger partial charge in [0, 0.05) is 44.4 Å². The van der Waals surface area contributed by atoms with E-state index in [4.69, 9.17) is 20.7 Å². The number of hydrogen-bond donors (Lipinski definition) is 4. The minimum absolute atomic E-state index is 0.00330. The molecule has 3 aliphatic rings. The van der Waals surface area contributed by atoms with Crippen molar-refractivity contribution in [3.63, 3.8) is 0 Å². The molecule has 2 saturated heterocycles. The van der Waals surface area contributed by atoms with E-state index in [1.165, 1.54) is 0 Å². The number of carbonyl (C=O) groups is 1. The van der Waals surface area contributed by atoms with Gasteiger partial charge in [0.1, 0.15) is 12.2 Å². The molecule has 10 unspecified atom stereocenters. The molecule has 0 aromatic carbocycles. The molecule has 0 radical (unpaired) electrons. The molecule has 3 heterocycles. The van der Waals surface area contributed by atoms with Gasteiger partial charge in [0.15, 0.2) is 0 Å². The molecule has 0 aliphatic carbocycles. The lowest BCUT2D eigenvalue weighted by Crippen LogP contribution is -2.51. The Bertz CT molecular complexity index is 1090. The van der Waals surface area contributed by atoms with Crippen LogP contribution in [-0.2, 0) is 19.1 Å². The average Bonchev–Trinajstić information content (AvgIpc) is 3.74. The average molecular weight is 633 g/mol. The van der Waals surface area contributed by atoms with Gasteiger partial charge in [-0.2, -0.15) is 5.06 Å². The molecular formula is C35H56N2O8. The van der Waals surface area contributed by atoms with Crippen molar-refractivity contribution in [3.05, 3.63) is 36.0 Å². The Balaban J connectivity index is 1.72. The highest BCUT2D eigenvalue weighted by atomic mass is 16.7. The zero-order valence-electron chi connectivity index (χ0n) is 28.0. The number of hydroxylamine groups is 2. The van der Waals surface area contributed by atoms with E-state index in [0.717, 1.165) is 18.7 Å². The van der Waals surface area contributed by atoms with Gasteiger partial charge in [-0.1, -0.05) is 57.1 Å². The first-order valence-corrected chi connectivity index (χ1v) is 16.4. The maximum atomic E-state index is 12.8. The van der Waals surface area contributed by atoms with Gasteiger partial charge >= 0.3 is 5.97 Å². The van der Waals surface area contributed by atoms with Gasteiger partial charge < -0.3 is 29.9 Å². The minimum atomic E-state index is -1.29. The maximum absolute atomic E-state index is 12.8. The summed E-state index contributed by atoms with van der Waals surface area (Å²) < 4.78 is 11.6. The number of allylic oxidation sites excluding steroid dienone is 2. The van der Waals surface area contributed by atoms with E-state index in [1.807, 2.05) is 51.0 Å². The Morgan fingerprint density at radius 1 is 1.31 bits per heavy atom. The van der Waals surface area contributed by atoms with Gasteiger partial charge in [0.25, 0.3) is 0 Å². The number of terminal acetylenes is 1. The van der Waals surface area contributed by atoms with Crippen molar-refractivity contribution in [1.82, 2.24) is 9.96 Å². The van der Waals surface area contributed by atoms with E-state index in [2.05, 4.69) is 10.8 Å². The molecule has 0 bridgehead atoms. The monoisotopic (exact) mass is 632 g/mol. The highest BCUT2D eigenvalue weighted by Gasteiger charge is 2.47. The van der Waals surface area contributed by atoms with Gasteiger partial charge in [0.05, 0.1) is 48.6 Å².